The Bertz CT molecular complexity index is 909. The number of hydrogen-bond donors (Lipinski definition) is 2. The standard InChI is InChI=1S/C16H17F6N3O3S2/c1-25(30(27,28)12-4-2-3-11-13(12)24-29-23-11)10-7-5-9(6-8-10)14(26,15(17,18)19)16(20,21)22/h2-3,5-7,10-12,23,26H,4,8H2,1H3. The van der Waals surface area contributed by atoms with Crippen LogP contribution in [0.25, 0.3) is 0 Å². The zero-order chi connectivity index (χ0) is 22.5. The highest BCUT2D eigenvalue weighted by Crippen LogP contribution is 2.48. The molecular formula is C16H17F6N3O3S2. The molecule has 14 heteroatoms. The number of nitrogens with zero attached hydrogens (tertiary/aromatic N) is 2. The number of aliphatic hydroxyl groups is 1. The third-order valence-electron chi connectivity index (χ3n) is 5.20. The average molecular weight is 477 g/mol. The van der Waals surface area contributed by atoms with Gasteiger partial charge in [0.05, 0.1) is 23.9 Å². The summed E-state index contributed by atoms with van der Waals surface area (Å²) in [6, 6.07) is -1.38. The number of hydrogen-bond acceptors (Lipinski definition) is 6. The van der Waals surface area contributed by atoms with Crippen molar-refractivity contribution < 1.29 is 39.9 Å². The van der Waals surface area contributed by atoms with E-state index in [-0.39, 0.29) is 12.5 Å². The van der Waals surface area contributed by atoms with Crippen LogP contribution in [0.15, 0.2) is 40.4 Å². The van der Waals surface area contributed by atoms with Gasteiger partial charge in [0.1, 0.15) is 5.25 Å². The SMILES string of the molecule is CN(C1C=CC(C(O)(C(F)(F)F)C(F)(F)F)=CC1)S(=O)(=O)C1CC=CC2NSN=C21. The van der Waals surface area contributed by atoms with Crippen molar-refractivity contribution in [2.75, 3.05) is 7.05 Å². The van der Waals surface area contributed by atoms with Gasteiger partial charge in [-0.1, -0.05) is 30.4 Å². The molecule has 3 atom stereocenters. The number of allylic oxidation sites excluding steroid dienone is 1. The van der Waals surface area contributed by atoms with Crippen LogP contribution in [0.4, 0.5) is 26.3 Å². The molecule has 0 aromatic carbocycles. The fourth-order valence-electron chi connectivity index (χ4n) is 3.41. The van der Waals surface area contributed by atoms with E-state index in [1.54, 1.807) is 12.2 Å². The number of fused-ring (bicyclic) bond motifs is 1. The molecule has 0 radical (unpaired) electrons. The van der Waals surface area contributed by atoms with E-state index in [0.29, 0.717) is 17.9 Å². The van der Waals surface area contributed by atoms with E-state index in [1.807, 2.05) is 0 Å². The fraction of sp³-hybridized carbons (Fsp3) is 0.562. The van der Waals surface area contributed by atoms with Gasteiger partial charge in [0.15, 0.2) is 0 Å². The van der Waals surface area contributed by atoms with Gasteiger partial charge in [-0.2, -0.15) is 30.6 Å². The largest absolute Gasteiger partial charge is 0.430 e. The Morgan fingerprint density at radius 1 is 1.17 bits per heavy atom. The fourth-order valence-corrected chi connectivity index (χ4v) is 5.98. The summed E-state index contributed by atoms with van der Waals surface area (Å²) in [5, 5.41) is 8.47. The Hall–Kier alpha value is -1.35. The first-order valence-corrected chi connectivity index (χ1v) is 10.9. The highest BCUT2D eigenvalue weighted by molar-refractivity contribution is 7.97. The van der Waals surface area contributed by atoms with Crippen LogP contribution in [0.3, 0.4) is 0 Å². The highest BCUT2D eigenvalue weighted by Gasteiger charge is 2.72. The van der Waals surface area contributed by atoms with Gasteiger partial charge in [0.2, 0.25) is 10.0 Å². The maximum atomic E-state index is 13.0. The quantitative estimate of drug-likeness (QED) is 0.370. The lowest BCUT2D eigenvalue weighted by Gasteiger charge is -2.36. The van der Waals surface area contributed by atoms with Crippen molar-refractivity contribution in [1.29, 1.82) is 0 Å². The first-order chi connectivity index (χ1) is 13.7. The van der Waals surface area contributed by atoms with E-state index in [0.717, 1.165) is 22.5 Å². The third kappa shape index (κ3) is 3.72. The molecule has 1 aliphatic heterocycles. The number of likely N-dealkylation sites (N-methyl/N-ethyl adjacent to an activating group) is 1. The summed E-state index contributed by atoms with van der Waals surface area (Å²) < 4.78 is 112. The van der Waals surface area contributed by atoms with Crippen LogP contribution in [0.5, 0.6) is 0 Å². The maximum absolute atomic E-state index is 13.0. The van der Waals surface area contributed by atoms with Gasteiger partial charge in [0.25, 0.3) is 5.60 Å². The molecule has 3 rings (SSSR count). The second-order valence-corrected chi connectivity index (χ2v) is 9.72. The monoisotopic (exact) mass is 477 g/mol. The zero-order valence-electron chi connectivity index (χ0n) is 15.3. The summed E-state index contributed by atoms with van der Waals surface area (Å²) in [6.07, 6.45) is -6.96. The minimum atomic E-state index is -6.00. The first kappa shape index (κ1) is 23.3. The van der Waals surface area contributed by atoms with Gasteiger partial charge < -0.3 is 5.11 Å². The van der Waals surface area contributed by atoms with Crippen LogP contribution >= 0.6 is 12.1 Å². The van der Waals surface area contributed by atoms with Crippen molar-refractivity contribution in [3.63, 3.8) is 0 Å². The lowest BCUT2D eigenvalue weighted by molar-refractivity contribution is -0.351. The molecule has 30 heavy (non-hydrogen) atoms. The van der Waals surface area contributed by atoms with Gasteiger partial charge in [0, 0.05) is 13.1 Å². The minimum Gasteiger partial charge on any atom is -0.370 e. The molecule has 2 aliphatic carbocycles. The van der Waals surface area contributed by atoms with E-state index in [4.69, 9.17) is 0 Å². The second kappa shape index (κ2) is 7.65. The maximum Gasteiger partial charge on any atom is 0.430 e. The van der Waals surface area contributed by atoms with E-state index in [9.17, 15) is 39.9 Å². The summed E-state index contributed by atoms with van der Waals surface area (Å²) >= 11 is 0.994. The van der Waals surface area contributed by atoms with E-state index < -0.39 is 51.3 Å². The van der Waals surface area contributed by atoms with Gasteiger partial charge >= 0.3 is 12.4 Å². The summed E-state index contributed by atoms with van der Waals surface area (Å²) in [7, 11) is -2.81. The molecule has 3 aliphatic rings. The average Bonchev–Trinajstić information content (AvgIpc) is 3.13. The number of alkyl halides is 6. The molecule has 3 unspecified atom stereocenters. The molecule has 0 fully saturated rings. The Kier molecular flexibility index (Phi) is 5.95. The summed E-state index contributed by atoms with van der Waals surface area (Å²) in [5.41, 5.74) is -6.05. The van der Waals surface area contributed by atoms with Crippen molar-refractivity contribution in [3.8, 4) is 0 Å². The van der Waals surface area contributed by atoms with Crippen molar-refractivity contribution in [1.82, 2.24) is 9.03 Å². The molecular weight excluding hydrogens is 460 g/mol. The van der Waals surface area contributed by atoms with E-state index in [2.05, 4.69) is 9.12 Å². The second-order valence-electron chi connectivity index (χ2n) is 6.94. The van der Waals surface area contributed by atoms with Crippen molar-refractivity contribution >= 4 is 27.9 Å². The number of sulfonamides is 1. The first-order valence-electron chi connectivity index (χ1n) is 8.58. The molecule has 1 heterocycles. The van der Waals surface area contributed by atoms with Crippen molar-refractivity contribution in [2.24, 2.45) is 4.40 Å². The van der Waals surface area contributed by atoms with Crippen LogP contribution in [0.1, 0.15) is 12.8 Å². The van der Waals surface area contributed by atoms with Gasteiger partial charge in [-0.05, 0) is 18.4 Å². The normalized spacial score (nSPS) is 27.8. The summed E-state index contributed by atoms with van der Waals surface area (Å²) in [4.78, 5) is 0. The van der Waals surface area contributed by atoms with E-state index in [1.165, 1.54) is 7.05 Å². The molecule has 6 nitrogen and oxygen atoms in total. The lowest BCUT2D eigenvalue weighted by atomic mass is 9.87. The smallest absolute Gasteiger partial charge is 0.370 e. The molecule has 0 saturated heterocycles. The van der Waals surface area contributed by atoms with Gasteiger partial charge in [-0.15, -0.1) is 0 Å². The topological polar surface area (TPSA) is 82.0 Å². The Morgan fingerprint density at radius 2 is 1.80 bits per heavy atom. The predicted octanol–water partition coefficient (Wildman–Crippen LogP) is 2.66. The molecule has 0 bridgehead atoms. The molecule has 2 N–H and O–H groups in total. The van der Waals surface area contributed by atoms with Crippen LogP contribution in [0.2, 0.25) is 0 Å². The van der Waals surface area contributed by atoms with Crippen LogP contribution < -0.4 is 4.72 Å². The minimum absolute atomic E-state index is 0.143. The molecule has 0 aromatic heterocycles. The van der Waals surface area contributed by atoms with Crippen molar-refractivity contribution in [2.45, 2.75) is 48.1 Å². The van der Waals surface area contributed by atoms with Crippen LogP contribution in [0, 0.1) is 0 Å². The zero-order valence-corrected chi connectivity index (χ0v) is 16.9. The predicted molar refractivity (Wildman–Crippen MR) is 98.9 cm³/mol. The van der Waals surface area contributed by atoms with E-state index >= 15 is 0 Å². The number of nitrogens with one attached hydrogen (secondary N) is 1. The third-order valence-corrected chi connectivity index (χ3v) is 8.09. The lowest BCUT2D eigenvalue weighted by Crippen LogP contribution is -2.58. The Labute approximate surface area is 172 Å². The number of halogens is 6. The molecule has 0 amide bonds. The van der Waals surface area contributed by atoms with Crippen LogP contribution in [-0.4, -0.2) is 65.9 Å². The molecule has 0 spiro atoms. The Balaban J connectivity index is 1.83. The van der Waals surface area contributed by atoms with Gasteiger partial charge in [-0.25, -0.2) is 17.5 Å². The van der Waals surface area contributed by atoms with Crippen LogP contribution in [-0.2, 0) is 10.0 Å². The molecule has 168 valence electrons. The summed E-state index contributed by atoms with van der Waals surface area (Å²) in [6.45, 7) is 0. The highest BCUT2D eigenvalue weighted by atomic mass is 32.2. The van der Waals surface area contributed by atoms with Crippen molar-refractivity contribution in [3.05, 3.63) is 36.0 Å². The molecule has 0 aromatic rings. The molecule has 0 saturated carbocycles. The summed E-state index contributed by atoms with van der Waals surface area (Å²) in [5.74, 6) is 0. The Morgan fingerprint density at radius 3 is 2.33 bits per heavy atom. The number of rotatable bonds is 4. The van der Waals surface area contributed by atoms with Gasteiger partial charge in [-0.3, -0.25) is 0 Å².